The van der Waals surface area contributed by atoms with E-state index in [1.54, 1.807) is 33.9 Å². The normalized spacial score (nSPS) is 33.1. The number of halogens is 1. The molecule has 1 spiro atoms. The molecule has 0 aromatic heterocycles. The molecule has 0 bridgehead atoms. The summed E-state index contributed by atoms with van der Waals surface area (Å²) in [4.78, 5) is 46.9. The van der Waals surface area contributed by atoms with E-state index in [2.05, 4.69) is 0 Å². The SMILES string of the molecule is CC(C)[C@H](CO)N1C(=O)[C@@H]2[C@@H]3C(=O)N(C)CC=C[C@@H]3S[C@@]23C=CCN(c2ccccc2Cl)C(=O)C13. The third-order valence-electron chi connectivity index (χ3n) is 7.76. The second-order valence-corrected chi connectivity index (χ2v) is 11.9. The molecule has 1 aromatic carbocycles. The maximum atomic E-state index is 14.4. The lowest BCUT2D eigenvalue weighted by Gasteiger charge is -2.39. The number of benzene rings is 1. The molecule has 1 N–H and O–H groups in total. The van der Waals surface area contributed by atoms with Crippen LogP contribution in [0.15, 0.2) is 48.6 Å². The van der Waals surface area contributed by atoms with E-state index in [4.69, 9.17) is 11.6 Å². The number of likely N-dealkylation sites (tertiary alicyclic amines) is 1. The topological polar surface area (TPSA) is 81.2 Å². The summed E-state index contributed by atoms with van der Waals surface area (Å²) < 4.78 is -0.917. The van der Waals surface area contributed by atoms with Gasteiger partial charge in [0.05, 0.1) is 39.9 Å². The zero-order valence-corrected chi connectivity index (χ0v) is 21.6. The third kappa shape index (κ3) is 3.56. The molecule has 2 fully saturated rings. The average molecular weight is 516 g/mol. The summed E-state index contributed by atoms with van der Waals surface area (Å²) >= 11 is 8.02. The summed E-state index contributed by atoms with van der Waals surface area (Å²) in [6, 6.07) is 5.75. The predicted octanol–water partition coefficient (Wildman–Crippen LogP) is 2.59. The molecule has 186 valence electrons. The molecule has 0 radical (unpaired) electrons. The molecule has 7 nitrogen and oxygen atoms in total. The Morgan fingerprint density at radius 1 is 1.11 bits per heavy atom. The van der Waals surface area contributed by atoms with Gasteiger partial charge in [0.2, 0.25) is 11.8 Å². The largest absolute Gasteiger partial charge is 0.394 e. The highest BCUT2D eigenvalue weighted by Crippen LogP contribution is 2.61. The number of para-hydroxylation sites is 1. The molecule has 1 unspecified atom stereocenters. The van der Waals surface area contributed by atoms with E-state index >= 15 is 0 Å². The summed E-state index contributed by atoms with van der Waals surface area (Å²) in [6.07, 6.45) is 7.88. The summed E-state index contributed by atoms with van der Waals surface area (Å²) in [6.45, 7) is 4.40. The Bertz CT molecular complexity index is 1120. The molecule has 4 heterocycles. The molecule has 35 heavy (non-hydrogen) atoms. The van der Waals surface area contributed by atoms with Crippen molar-refractivity contribution in [3.05, 3.63) is 53.6 Å². The molecule has 4 aliphatic heterocycles. The Labute approximate surface area is 214 Å². The lowest BCUT2D eigenvalue weighted by molar-refractivity contribution is -0.144. The van der Waals surface area contributed by atoms with E-state index in [-0.39, 0.29) is 35.5 Å². The number of anilines is 1. The molecular weight excluding hydrogens is 486 g/mol. The molecule has 4 aliphatic rings. The van der Waals surface area contributed by atoms with Crippen molar-refractivity contribution in [2.24, 2.45) is 17.8 Å². The number of nitrogens with zero attached hydrogens (tertiary/aromatic N) is 3. The zero-order chi connectivity index (χ0) is 25.1. The van der Waals surface area contributed by atoms with E-state index in [1.165, 1.54) is 11.8 Å². The van der Waals surface area contributed by atoms with Gasteiger partial charge in [0, 0.05) is 25.4 Å². The van der Waals surface area contributed by atoms with Crippen molar-refractivity contribution < 1.29 is 19.5 Å². The Morgan fingerprint density at radius 3 is 2.54 bits per heavy atom. The molecule has 5 rings (SSSR count). The van der Waals surface area contributed by atoms with Gasteiger partial charge in [0.15, 0.2) is 0 Å². The van der Waals surface area contributed by atoms with Crippen LogP contribution in [0.5, 0.6) is 0 Å². The van der Waals surface area contributed by atoms with Crippen LogP contribution in [0, 0.1) is 17.8 Å². The Kier molecular flexibility index (Phi) is 6.26. The Morgan fingerprint density at radius 2 is 1.86 bits per heavy atom. The van der Waals surface area contributed by atoms with Crippen molar-refractivity contribution in [1.29, 1.82) is 0 Å². The first-order valence-corrected chi connectivity index (χ1v) is 13.2. The van der Waals surface area contributed by atoms with E-state index in [9.17, 15) is 19.5 Å². The van der Waals surface area contributed by atoms with Gasteiger partial charge in [0.1, 0.15) is 6.04 Å². The van der Waals surface area contributed by atoms with Crippen molar-refractivity contribution in [2.45, 2.75) is 35.9 Å². The average Bonchev–Trinajstić information content (AvgIpc) is 3.14. The molecule has 3 amide bonds. The van der Waals surface area contributed by atoms with Crippen LogP contribution in [-0.2, 0) is 14.4 Å². The quantitative estimate of drug-likeness (QED) is 0.623. The lowest BCUT2D eigenvalue weighted by Crippen LogP contribution is -2.57. The van der Waals surface area contributed by atoms with E-state index in [0.717, 1.165) is 0 Å². The van der Waals surface area contributed by atoms with Crippen molar-refractivity contribution in [1.82, 2.24) is 9.80 Å². The maximum absolute atomic E-state index is 14.4. The fourth-order valence-electron chi connectivity index (χ4n) is 6.07. The smallest absolute Gasteiger partial charge is 0.251 e. The third-order valence-corrected chi connectivity index (χ3v) is 9.82. The molecule has 9 heteroatoms. The number of aliphatic hydroxyl groups excluding tert-OH is 1. The first kappa shape index (κ1) is 24.4. The predicted molar refractivity (Wildman–Crippen MR) is 137 cm³/mol. The van der Waals surface area contributed by atoms with E-state index in [0.29, 0.717) is 23.8 Å². The number of carbonyl (C=O) groups is 3. The minimum atomic E-state index is -0.917. The number of hydrogen-bond donors (Lipinski definition) is 1. The fraction of sp³-hybridized carbons (Fsp3) is 0.500. The van der Waals surface area contributed by atoms with Crippen molar-refractivity contribution >= 4 is 46.8 Å². The van der Waals surface area contributed by atoms with Gasteiger partial charge in [-0.05, 0) is 18.1 Å². The van der Waals surface area contributed by atoms with Crippen molar-refractivity contribution in [3.63, 3.8) is 0 Å². The van der Waals surface area contributed by atoms with Crippen LogP contribution in [-0.4, -0.2) is 81.5 Å². The van der Waals surface area contributed by atoms with E-state index in [1.807, 2.05) is 50.3 Å². The monoisotopic (exact) mass is 515 g/mol. The van der Waals surface area contributed by atoms with Gasteiger partial charge in [-0.3, -0.25) is 14.4 Å². The summed E-state index contributed by atoms with van der Waals surface area (Å²) in [5, 5.41) is 10.6. The van der Waals surface area contributed by atoms with Crippen LogP contribution in [0.25, 0.3) is 0 Å². The van der Waals surface area contributed by atoms with Crippen LogP contribution in [0.3, 0.4) is 0 Å². The van der Waals surface area contributed by atoms with Gasteiger partial charge >= 0.3 is 0 Å². The maximum Gasteiger partial charge on any atom is 0.251 e. The molecule has 0 saturated carbocycles. The van der Waals surface area contributed by atoms with Crippen LogP contribution in [0.4, 0.5) is 5.69 Å². The second kappa shape index (κ2) is 8.98. The molecule has 1 aromatic rings. The molecule has 0 aliphatic carbocycles. The number of amides is 3. The second-order valence-electron chi connectivity index (χ2n) is 10.0. The number of fused-ring (bicyclic) bond motifs is 2. The highest BCUT2D eigenvalue weighted by Gasteiger charge is 2.71. The van der Waals surface area contributed by atoms with Crippen LogP contribution in [0.1, 0.15) is 13.8 Å². The van der Waals surface area contributed by atoms with E-state index < -0.39 is 28.7 Å². The Balaban J connectivity index is 1.68. The van der Waals surface area contributed by atoms with Crippen LogP contribution >= 0.6 is 23.4 Å². The minimum Gasteiger partial charge on any atom is -0.394 e. The van der Waals surface area contributed by atoms with Gasteiger partial charge in [-0.15, -0.1) is 11.8 Å². The number of thioether (sulfide) groups is 1. The highest BCUT2D eigenvalue weighted by atomic mass is 35.5. The van der Waals surface area contributed by atoms with Crippen LogP contribution in [0.2, 0.25) is 5.02 Å². The summed E-state index contributed by atoms with van der Waals surface area (Å²) in [5.41, 5.74) is 0.578. The minimum absolute atomic E-state index is 0.0816. The molecular formula is C26H30ClN3O4S. The number of aliphatic hydroxyl groups is 1. The van der Waals surface area contributed by atoms with Gasteiger partial charge in [-0.25, -0.2) is 0 Å². The van der Waals surface area contributed by atoms with Gasteiger partial charge in [0.25, 0.3) is 5.91 Å². The fourth-order valence-corrected chi connectivity index (χ4v) is 8.30. The summed E-state index contributed by atoms with van der Waals surface area (Å²) in [7, 11) is 1.75. The first-order chi connectivity index (χ1) is 16.7. The number of carbonyl (C=O) groups excluding carboxylic acids is 3. The van der Waals surface area contributed by atoms with Gasteiger partial charge < -0.3 is 19.8 Å². The van der Waals surface area contributed by atoms with Gasteiger partial charge in [-0.2, -0.15) is 0 Å². The first-order valence-electron chi connectivity index (χ1n) is 12.0. The zero-order valence-electron chi connectivity index (χ0n) is 20.0. The number of hydrogen-bond acceptors (Lipinski definition) is 5. The van der Waals surface area contributed by atoms with Crippen molar-refractivity contribution in [3.8, 4) is 0 Å². The molecule has 2 saturated heterocycles. The highest BCUT2D eigenvalue weighted by molar-refractivity contribution is 8.02. The van der Waals surface area contributed by atoms with Crippen molar-refractivity contribution in [2.75, 3.05) is 31.6 Å². The number of likely N-dealkylation sites (N-methyl/N-ethyl adjacent to an activating group) is 1. The lowest BCUT2D eigenvalue weighted by atomic mass is 9.78. The standard InChI is InChI=1S/C26H30ClN3O4S/c1-15(2)18(14-31)30-22-25(34)29(17-9-5-4-8-16(17)27)13-7-11-26(22)21(24(30)33)20-19(35-26)10-6-12-28(3)23(20)32/h4-11,15,18-22,31H,12-14H2,1-3H3/t18-,19-,20+,21-,22?,26-/m0/s1. The van der Waals surface area contributed by atoms with Gasteiger partial charge in [-0.1, -0.05) is 61.9 Å². The van der Waals surface area contributed by atoms with Crippen LogP contribution < -0.4 is 4.90 Å². The Hall–Kier alpha value is -2.29. The number of rotatable bonds is 4. The summed E-state index contributed by atoms with van der Waals surface area (Å²) in [5.74, 6) is -1.91. The molecule has 6 atom stereocenters.